The van der Waals surface area contributed by atoms with Crippen LogP contribution in [0.3, 0.4) is 0 Å². The normalized spacial score (nSPS) is 15.9. The molecule has 1 aliphatic heterocycles. The summed E-state index contributed by atoms with van der Waals surface area (Å²) in [4.78, 5) is 49.3. The minimum atomic E-state index is -1.02. The van der Waals surface area contributed by atoms with Gasteiger partial charge in [-0.05, 0) is 24.3 Å². The lowest BCUT2D eigenvalue weighted by atomic mass is 10.1. The molecule has 0 unspecified atom stereocenters. The van der Waals surface area contributed by atoms with E-state index in [1.165, 1.54) is 16.9 Å². The highest BCUT2D eigenvalue weighted by Gasteiger charge is 2.36. The van der Waals surface area contributed by atoms with E-state index in [-0.39, 0.29) is 18.7 Å². The van der Waals surface area contributed by atoms with E-state index in [1.807, 2.05) is 0 Å². The SMILES string of the molecule is O=C(O)Cn1cc(/C=C2\C(=O)NC(=O)N(Cc3ccco3)C2=O)c2ccccc21. The average Bonchev–Trinajstić information content (AvgIpc) is 3.30. The molecule has 0 bridgehead atoms. The van der Waals surface area contributed by atoms with Crippen molar-refractivity contribution in [2.75, 3.05) is 0 Å². The van der Waals surface area contributed by atoms with Crippen LogP contribution in [0.4, 0.5) is 4.79 Å². The minimum Gasteiger partial charge on any atom is -0.480 e. The smallest absolute Gasteiger partial charge is 0.331 e. The number of carboxylic acids is 1. The van der Waals surface area contributed by atoms with Gasteiger partial charge in [-0.15, -0.1) is 0 Å². The van der Waals surface area contributed by atoms with Crippen LogP contribution < -0.4 is 5.32 Å². The van der Waals surface area contributed by atoms with Gasteiger partial charge in [-0.1, -0.05) is 18.2 Å². The molecule has 1 fully saturated rings. The maximum atomic E-state index is 12.8. The second kappa shape index (κ2) is 7.12. The second-order valence-corrected chi connectivity index (χ2v) is 6.41. The molecular formula is C20H15N3O6. The Labute approximate surface area is 163 Å². The molecule has 1 aliphatic rings. The number of hydrogen-bond donors (Lipinski definition) is 2. The predicted molar refractivity (Wildman–Crippen MR) is 100 cm³/mol. The van der Waals surface area contributed by atoms with Crippen molar-refractivity contribution in [2.24, 2.45) is 0 Å². The van der Waals surface area contributed by atoms with Gasteiger partial charge in [0.25, 0.3) is 11.8 Å². The van der Waals surface area contributed by atoms with Crippen molar-refractivity contribution in [3.05, 3.63) is 65.8 Å². The van der Waals surface area contributed by atoms with Crippen LogP contribution in [-0.4, -0.2) is 38.4 Å². The van der Waals surface area contributed by atoms with Crippen LogP contribution >= 0.6 is 0 Å². The standard InChI is InChI=1S/C20H15N3O6/c24-17(25)11-22-9-12(14-5-1-2-6-16(14)22)8-15-18(26)21-20(28)23(19(15)27)10-13-4-3-7-29-13/h1-9H,10-11H2,(H,24,25)(H,21,26,28)/b15-8+. The van der Waals surface area contributed by atoms with Crippen molar-refractivity contribution in [3.8, 4) is 0 Å². The summed E-state index contributed by atoms with van der Waals surface area (Å²) < 4.78 is 6.69. The Morgan fingerprint density at radius 1 is 1.14 bits per heavy atom. The third-order valence-electron chi connectivity index (χ3n) is 4.50. The van der Waals surface area contributed by atoms with Crippen molar-refractivity contribution in [2.45, 2.75) is 13.1 Å². The largest absolute Gasteiger partial charge is 0.480 e. The Kier molecular flexibility index (Phi) is 4.47. The molecule has 0 spiro atoms. The summed E-state index contributed by atoms with van der Waals surface area (Å²) in [5, 5.41) is 11.9. The summed E-state index contributed by atoms with van der Waals surface area (Å²) in [5.74, 6) is -2.21. The summed E-state index contributed by atoms with van der Waals surface area (Å²) in [5.41, 5.74) is 0.913. The number of hydrogen-bond acceptors (Lipinski definition) is 5. The number of carbonyl (C=O) groups is 4. The number of fused-ring (bicyclic) bond motifs is 1. The van der Waals surface area contributed by atoms with Crippen LogP contribution in [0, 0.1) is 0 Å². The molecule has 1 aromatic carbocycles. The summed E-state index contributed by atoms with van der Waals surface area (Å²) in [7, 11) is 0. The van der Waals surface area contributed by atoms with Crippen LogP contribution in [0.5, 0.6) is 0 Å². The third-order valence-corrected chi connectivity index (χ3v) is 4.50. The fourth-order valence-electron chi connectivity index (χ4n) is 3.22. The van der Waals surface area contributed by atoms with Crippen molar-refractivity contribution in [3.63, 3.8) is 0 Å². The van der Waals surface area contributed by atoms with Gasteiger partial charge in [-0.2, -0.15) is 0 Å². The second-order valence-electron chi connectivity index (χ2n) is 6.41. The van der Waals surface area contributed by atoms with Gasteiger partial charge in [-0.3, -0.25) is 24.6 Å². The molecule has 4 amide bonds. The van der Waals surface area contributed by atoms with Gasteiger partial charge in [0.2, 0.25) is 0 Å². The fourth-order valence-corrected chi connectivity index (χ4v) is 3.22. The number of benzene rings is 1. The van der Waals surface area contributed by atoms with Crippen LogP contribution in [0.2, 0.25) is 0 Å². The molecule has 4 rings (SSSR count). The van der Waals surface area contributed by atoms with E-state index in [0.29, 0.717) is 22.2 Å². The molecule has 3 heterocycles. The third kappa shape index (κ3) is 3.41. The highest BCUT2D eigenvalue weighted by atomic mass is 16.4. The topological polar surface area (TPSA) is 122 Å². The molecule has 9 heteroatoms. The summed E-state index contributed by atoms with van der Waals surface area (Å²) >= 11 is 0. The molecule has 0 radical (unpaired) electrons. The number of urea groups is 1. The van der Waals surface area contributed by atoms with Crippen LogP contribution in [0.15, 0.2) is 58.8 Å². The first-order valence-electron chi connectivity index (χ1n) is 8.65. The van der Waals surface area contributed by atoms with E-state index in [0.717, 1.165) is 4.90 Å². The zero-order chi connectivity index (χ0) is 20.5. The van der Waals surface area contributed by atoms with Crippen molar-refractivity contribution in [1.29, 1.82) is 0 Å². The number of barbiturate groups is 1. The van der Waals surface area contributed by atoms with Crippen LogP contribution in [0.1, 0.15) is 11.3 Å². The number of amides is 4. The van der Waals surface area contributed by atoms with E-state index in [9.17, 15) is 19.2 Å². The molecule has 0 saturated carbocycles. The van der Waals surface area contributed by atoms with Gasteiger partial charge < -0.3 is 14.1 Å². The number of furan rings is 1. The first kappa shape index (κ1) is 18.2. The highest BCUT2D eigenvalue weighted by molar-refractivity contribution is 6.31. The van der Waals surface area contributed by atoms with Gasteiger partial charge in [-0.25, -0.2) is 4.79 Å². The van der Waals surface area contributed by atoms with Gasteiger partial charge in [0.05, 0.1) is 12.8 Å². The average molecular weight is 393 g/mol. The van der Waals surface area contributed by atoms with Gasteiger partial charge in [0.15, 0.2) is 0 Å². The molecule has 3 aromatic rings. The number of aliphatic carboxylic acids is 1. The number of rotatable bonds is 5. The molecule has 2 N–H and O–H groups in total. The Morgan fingerprint density at radius 2 is 1.93 bits per heavy atom. The molecule has 2 aromatic heterocycles. The van der Waals surface area contributed by atoms with Crippen LogP contribution in [0.25, 0.3) is 17.0 Å². The first-order chi connectivity index (χ1) is 13.9. The van der Waals surface area contributed by atoms with Gasteiger partial charge >= 0.3 is 12.0 Å². The zero-order valence-corrected chi connectivity index (χ0v) is 15.0. The predicted octanol–water partition coefficient (Wildman–Crippen LogP) is 1.98. The molecule has 29 heavy (non-hydrogen) atoms. The molecule has 9 nitrogen and oxygen atoms in total. The minimum absolute atomic E-state index is 0.122. The monoisotopic (exact) mass is 393 g/mol. The molecular weight excluding hydrogens is 378 g/mol. The number of imide groups is 2. The van der Waals surface area contributed by atoms with Gasteiger partial charge in [0.1, 0.15) is 17.9 Å². The maximum Gasteiger partial charge on any atom is 0.331 e. The summed E-state index contributed by atoms with van der Waals surface area (Å²) in [6, 6.07) is 9.44. The summed E-state index contributed by atoms with van der Waals surface area (Å²) in [6.45, 7) is -0.393. The number of para-hydroxylation sites is 1. The lowest BCUT2D eigenvalue weighted by Crippen LogP contribution is -2.53. The van der Waals surface area contributed by atoms with E-state index in [2.05, 4.69) is 5.32 Å². The molecule has 0 atom stereocenters. The summed E-state index contributed by atoms with van der Waals surface area (Å²) in [6.07, 6.45) is 4.33. The van der Waals surface area contributed by atoms with Crippen LogP contribution in [-0.2, 0) is 27.5 Å². The number of nitrogens with one attached hydrogen (secondary N) is 1. The number of carbonyl (C=O) groups excluding carboxylic acids is 3. The molecule has 1 saturated heterocycles. The van der Waals surface area contributed by atoms with E-state index < -0.39 is 23.8 Å². The van der Waals surface area contributed by atoms with Crippen molar-refractivity contribution in [1.82, 2.24) is 14.8 Å². The first-order valence-corrected chi connectivity index (χ1v) is 8.65. The van der Waals surface area contributed by atoms with Gasteiger partial charge in [0, 0.05) is 22.7 Å². The Balaban J connectivity index is 1.74. The van der Waals surface area contributed by atoms with Crippen molar-refractivity contribution < 1.29 is 28.7 Å². The van der Waals surface area contributed by atoms with Crippen molar-refractivity contribution >= 4 is 40.8 Å². The number of nitrogens with zero attached hydrogens (tertiary/aromatic N) is 2. The Morgan fingerprint density at radius 3 is 2.66 bits per heavy atom. The lowest BCUT2D eigenvalue weighted by Gasteiger charge is -2.25. The number of aromatic nitrogens is 1. The zero-order valence-electron chi connectivity index (χ0n) is 15.0. The Hall–Kier alpha value is -4.14. The lowest BCUT2D eigenvalue weighted by molar-refractivity contribution is -0.137. The highest BCUT2D eigenvalue weighted by Crippen LogP contribution is 2.25. The molecule has 146 valence electrons. The quantitative estimate of drug-likeness (QED) is 0.505. The molecule has 0 aliphatic carbocycles. The van der Waals surface area contributed by atoms with E-state index in [1.54, 1.807) is 42.6 Å². The Bertz CT molecular complexity index is 1170. The van der Waals surface area contributed by atoms with E-state index in [4.69, 9.17) is 9.52 Å². The fraction of sp³-hybridized carbons (Fsp3) is 0.100. The van der Waals surface area contributed by atoms with E-state index >= 15 is 0 Å². The number of carboxylic acid groups (broad SMARTS) is 1. The maximum absolute atomic E-state index is 12.8.